The van der Waals surface area contributed by atoms with Crippen molar-refractivity contribution in [1.29, 1.82) is 0 Å². The van der Waals surface area contributed by atoms with Crippen molar-refractivity contribution >= 4 is 5.97 Å². The van der Waals surface area contributed by atoms with Crippen molar-refractivity contribution in [3.8, 4) is 0 Å². The molecule has 0 amide bonds. The normalized spacial score (nSPS) is 34.0. The fourth-order valence-electron chi connectivity index (χ4n) is 2.06. The molecule has 3 unspecified atom stereocenters. The van der Waals surface area contributed by atoms with Crippen molar-refractivity contribution in [1.82, 2.24) is 0 Å². The predicted octanol–water partition coefficient (Wildman–Crippen LogP) is 2.25. The molecular weight excluding hydrogens is 343 g/mol. The lowest BCUT2D eigenvalue weighted by Gasteiger charge is -2.50. The monoisotopic (exact) mass is 364 g/mol. The van der Waals surface area contributed by atoms with Crippen LogP contribution >= 0.6 is 0 Å². The maximum absolute atomic E-state index is 14.1. The number of rotatable bonds is 4. The first-order valence-corrected chi connectivity index (χ1v) is 7.25. The second-order valence-electron chi connectivity index (χ2n) is 6.71. The molecule has 1 fully saturated rings. The lowest BCUT2D eigenvalue weighted by molar-refractivity contribution is -0.479. The van der Waals surface area contributed by atoms with E-state index in [1.54, 1.807) is 20.8 Å². The smallest absolute Gasteiger partial charge is 0.449 e. The summed E-state index contributed by atoms with van der Waals surface area (Å²) in [4.78, 5) is 11.8. The Balaban J connectivity index is 2.99. The summed E-state index contributed by atoms with van der Waals surface area (Å²) in [6, 6.07) is 0. The molecule has 0 aliphatic carbocycles. The zero-order chi connectivity index (χ0) is 19.2. The minimum absolute atomic E-state index is 0.382. The van der Waals surface area contributed by atoms with Gasteiger partial charge in [0.05, 0.1) is 24.5 Å². The highest BCUT2D eigenvalue weighted by molar-refractivity contribution is 5.75. The Morgan fingerprint density at radius 2 is 1.79 bits per heavy atom. The summed E-state index contributed by atoms with van der Waals surface area (Å²) < 4.78 is 75.3. The summed E-state index contributed by atoms with van der Waals surface area (Å²) >= 11 is 0. The Bertz CT molecular complexity index is 488. The predicted molar refractivity (Wildman–Crippen MR) is 71.0 cm³/mol. The molecule has 142 valence electrons. The summed E-state index contributed by atoms with van der Waals surface area (Å²) in [5.41, 5.74) is -4.23. The van der Waals surface area contributed by atoms with Crippen molar-refractivity contribution in [2.24, 2.45) is 11.3 Å². The van der Waals surface area contributed by atoms with Gasteiger partial charge in [-0.25, -0.2) is 0 Å². The molecular formula is C14H21F5O5. The van der Waals surface area contributed by atoms with Gasteiger partial charge in [-0.3, -0.25) is 4.79 Å². The topological polar surface area (TPSA) is 76.0 Å². The van der Waals surface area contributed by atoms with E-state index in [2.05, 4.69) is 4.74 Å². The van der Waals surface area contributed by atoms with E-state index in [0.29, 0.717) is 13.3 Å². The standard InChI is InChI=1S/C14H21F5O5/c1-5-10(2,3)9(20)23-6-8-7-24-13(22,14(17,18)19)12(15,16)11(8,4)21/h8,21-22H,5-7H2,1-4H3. The minimum atomic E-state index is -5.83. The van der Waals surface area contributed by atoms with Crippen molar-refractivity contribution in [3.63, 3.8) is 0 Å². The van der Waals surface area contributed by atoms with Crippen LogP contribution in [0.25, 0.3) is 0 Å². The fraction of sp³-hybridized carbons (Fsp3) is 0.929. The first kappa shape index (κ1) is 21.0. The minimum Gasteiger partial charge on any atom is -0.465 e. The summed E-state index contributed by atoms with van der Waals surface area (Å²) in [5, 5.41) is 19.2. The van der Waals surface area contributed by atoms with Gasteiger partial charge in [0.15, 0.2) is 0 Å². The van der Waals surface area contributed by atoms with Crippen LogP contribution in [-0.2, 0) is 14.3 Å². The molecule has 0 aromatic rings. The molecule has 0 aromatic carbocycles. The van der Waals surface area contributed by atoms with Crippen LogP contribution in [0.15, 0.2) is 0 Å². The fourth-order valence-corrected chi connectivity index (χ4v) is 2.06. The molecule has 24 heavy (non-hydrogen) atoms. The van der Waals surface area contributed by atoms with Crippen molar-refractivity contribution in [2.75, 3.05) is 13.2 Å². The van der Waals surface area contributed by atoms with E-state index in [1.807, 2.05) is 0 Å². The van der Waals surface area contributed by atoms with E-state index < -0.39 is 54.0 Å². The van der Waals surface area contributed by atoms with Crippen LogP contribution in [0.3, 0.4) is 0 Å². The molecule has 1 aliphatic rings. The van der Waals surface area contributed by atoms with Gasteiger partial charge in [0.25, 0.3) is 0 Å². The SMILES string of the molecule is CCC(C)(C)C(=O)OCC1COC(O)(C(F)(F)F)C(F)(F)C1(C)O. The Morgan fingerprint density at radius 3 is 2.21 bits per heavy atom. The Labute approximate surface area is 135 Å². The van der Waals surface area contributed by atoms with Gasteiger partial charge in [0.1, 0.15) is 5.60 Å². The summed E-state index contributed by atoms with van der Waals surface area (Å²) in [6.45, 7) is 3.37. The van der Waals surface area contributed by atoms with E-state index in [9.17, 15) is 37.0 Å². The average Bonchev–Trinajstić information content (AvgIpc) is 2.43. The maximum atomic E-state index is 14.1. The molecule has 10 heteroatoms. The molecule has 2 N–H and O–H groups in total. The van der Waals surface area contributed by atoms with E-state index in [-0.39, 0.29) is 0 Å². The van der Waals surface area contributed by atoms with Crippen LogP contribution in [0, 0.1) is 11.3 Å². The molecule has 0 spiro atoms. The zero-order valence-electron chi connectivity index (χ0n) is 13.7. The quantitative estimate of drug-likeness (QED) is 0.591. The molecule has 1 aliphatic heterocycles. The maximum Gasteiger partial charge on any atom is 0.449 e. The average molecular weight is 364 g/mol. The molecule has 5 nitrogen and oxygen atoms in total. The third-order valence-corrected chi connectivity index (χ3v) is 4.59. The van der Waals surface area contributed by atoms with Gasteiger partial charge in [-0.2, -0.15) is 22.0 Å². The molecule has 0 bridgehead atoms. The van der Waals surface area contributed by atoms with E-state index in [4.69, 9.17) is 4.74 Å². The third kappa shape index (κ3) is 3.11. The largest absolute Gasteiger partial charge is 0.465 e. The summed E-state index contributed by atoms with van der Waals surface area (Å²) in [7, 11) is 0. The summed E-state index contributed by atoms with van der Waals surface area (Å²) in [5.74, 6) is -12.3. The second kappa shape index (κ2) is 6.06. The molecule has 1 rings (SSSR count). The lowest BCUT2D eigenvalue weighted by Crippen LogP contribution is -2.75. The van der Waals surface area contributed by atoms with E-state index in [1.165, 1.54) is 0 Å². The van der Waals surface area contributed by atoms with E-state index in [0.717, 1.165) is 0 Å². The number of hydrogen-bond acceptors (Lipinski definition) is 5. The first-order valence-electron chi connectivity index (χ1n) is 7.25. The second-order valence-corrected chi connectivity index (χ2v) is 6.71. The number of aliphatic hydroxyl groups is 2. The van der Waals surface area contributed by atoms with Gasteiger partial charge in [0.2, 0.25) is 0 Å². The van der Waals surface area contributed by atoms with Crippen molar-refractivity contribution in [2.45, 2.75) is 57.6 Å². The number of hydrogen-bond donors (Lipinski definition) is 2. The van der Waals surface area contributed by atoms with Gasteiger partial charge < -0.3 is 19.7 Å². The number of carbonyl (C=O) groups is 1. The van der Waals surface area contributed by atoms with Crippen LogP contribution in [0.1, 0.15) is 34.1 Å². The Hall–Kier alpha value is -1.00. The molecule has 3 atom stereocenters. The highest BCUT2D eigenvalue weighted by atomic mass is 19.4. The van der Waals surface area contributed by atoms with Crippen molar-refractivity contribution < 1.29 is 46.4 Å². The van der Waals surface area contributed by atoms with Gasteiger partial charge in [-0.05, 0) is 27.2 Å². The van der Waals surface area contributed by atoms with Crippen molar-refractivity contribution in [3.05, 3.63) is 0 Å². The van der Waals surface area contributed by atoms with Crippen LogP contribution in [0.4, 0.5) is 22.0 Å². The first-order chi connectivity index (χ1) is 10.5. The number of carbonyl (C=O) groups excluding carboxylic acids is 1. The molecule has 1 saturated heterocycles. The molecule has 0 aromatic heterocycles. The molecule has 1 heterocycles. The Kier molecular flexibility index (Phi) is 5.32. The number of ether oxygens (including phenoxy) is 2. The number of esters is 1. The Morgan fingerprint density at radius 1 is 1.29 bits per heavy atom. The van der Waals surface area contributed by atoms with Gasteiger partial charge in [-0.1, -0.05) is 6.92 Å². The van der Waals surface area contributed by atoms with Gasteiger partial charge >= 0.3 is 23.9 Å². The van der Waals surface area contributed by atoms with Gasteiger partial charge in [-0.15, -0.1) is 0 Å². The third-order valence-electron chi connectivity index (χ3n) is 4.59. The lowest BCUT2D eigenvalue weighted by atomic mass is 9.77. The highest BCUT2D eigenvalue weighted by Gasteiger charge is 2.80. The zero-order valence-corrected chi connectivity index (χ0v) is 13.7. The summed E-state index contributed by atoms with van der Waals surface area (Å²) in [6.07, 6.45) is -5.44. The molecule has 0 saturated carbocycles. The van der Waals surface area contributed by atoms with Crippen LogP contribution in [0.2, 0.25) is 0 Å². The number of alkyl halides is 5. The van der Waals surface area contributed by atoms with Crippen LogP contribution in [0.5, 0.6) is 0 Å². The number of halogens is 5. The van der Waals surface area contributed by atoms with Crippen LogP contribution in [-0.4, -0.2) is 52.9 Å². The van der Waals surface area contributed by atoms with Gasteiger partial charge in [0, 0.05) is 0 Å². The van der Waals surface area contributed by atoms with Crippen LogP contribution < -0.4 is 0 Å². The molecule has 0 radical (unpaired) electrons. The highest BCUT2D eigenvalue weighted by Crippen LogP contribution is 2.53. The van der Waals surface area contributed by atoms with E-state index >= 15 is 0 Å².